The van der Waals surface area contributed by atoms with Crippen molar-refractivity contribution in [3.8, 4) is 11.5 Å². The van der Waals surface area contributed by atoms with E-state index in [1.54, 1.807) is 24.3 Å². The summed E-state index contributed by atoms with van der Waals surface area (Å²) in [5.41, 5.74) is 3.37. The molecule has 0 radical (unpaired) electrons. The number of ether oxygens (including phenoxy) is 1. The highest BCUT2D eigenvalue weighted by Crippen LogP contribution is 2.21. The molecule has 0 aliphatic heterocycles. The summed E-state index contributed by atoms with van der Waals surface area (Å²) < 4.78 is 5.96. The van der Waals surface area contributed by atoms with Gasteiger partial charge < -0.3 is 15.2 Å². The maximum absolute atomic E-state index is 11.8. The first-order valence-corrected chi connectivity index (χ1v) is 8.51. The molecule has 0 atom stereocenters. The van der Waals surface area contributed by atoms with Crippen LogP contribution in [0, 0.1) is 0 Å². The van der Waals surface area contributed by atoms with Gasteiger partial charge in [0.05, 0.1) is 13.3 Å². The second kappa shape index (κ2) is 9.57. The van der Waals surface area contributed by atoms with Gasteiger partial charge in [-0.25, -0.2) is 5.43 Å². The molecule has 2 aromatic rings. The van der Waals surface area contributed by atoms with Crippen molar-refractivity contribution in [3.05, 3.63) is 52.5 Å². The Bertz CT molecular complexity index is 807. The molecule has 0 spiro atoms. The van der Waals surface area contributed by atoms with Crippen molar-refractivity contribution in [1.82, 2.24) is 5.43 Å². The maximum Gasteiger partial charge on any atom is 0.240 e. The number of carbonyl (C=O) groups excluding carboxylic acids is 2. The number of nitrogens with one attached hydrogen (secondary N) is 2. The molecule has 0 heterocycles. The van der Waals surface area contributed by atoms with Gasteiger partial charge in [0, 0.05) is 28.6 Å². The van der Waals surface area contributed by atoms with Gasteiger partial charge in [-0.05, 0) is 42.5 Å². The molecule has 26 heavy (non-hydrogen) atoms. The number of hydrogen-bond acceptors (Lipinski definition) is 5. The first-order chi connectivity index (χ1) is 12.5. The van der Waals surface area contributed by atoms with Crippen LogP contribution in [0.4, 0.5) is 5.69 Å². The highest BCUT2D eigenvalue weighted by Gasteiger charge is 2.07. The van der Waals surface area contributed by atoms with Crippen LogP contribution in [0.3, 0.4) is 0 Å². The quantitative estimate of drug-likeness (QED) is 0.474. The van der Waals surface area contributed by atoms with Crippen LogP contribution in [-0.2, 0) is 9.59 Å². The summed E-state index contributed by atoms with van der Waals surface area (Å²) in [4.78, 5) is 23.6. The van der Waals surface area contributed by atoms with Crippen molar-refractivity contribution in [2.75, 3.05) is 12.4 Å². The number of amides is 2. The zero-order valence-corrected chi connectivity index (χ0v) is 15.6. The van der Waals surface area contributed by atoms with Gasteiger partial charge in [-0.2, -0.15) is 5.10 Å². The second-order valence-corrected chi connectivity index (χ2v) is 6.19. The molecule has 0 aliphatic rings. The Labute approximate surface area is 159 Å². The molecule has 2 amide bonds. The summed E-state index contributed by atoms with van der Waals surface area (Å²) in [5, 5.41) is 16.2. The van der Waals surface area contributed by atoms with Crippen LogP contribution in [0.25, 0.3) is 0 Å². The first kappa shape index (κ1) is 19.5. The van der Waals surface area contributed by atoms with Crippen LogP contribution in [0.5, 0.6) is 11.5 Å². The molecule has 0 aliphatic carbocycles. The zero-order valence-electron chi connectivity index (χ0n) is 14.0. The van der Waals surface area contributed by atoms with Crippen molar-refractivity contribution >= 4 is 39.6 Å². The van der Waals surface area contributed by atoms with Crippen LogP contribution >= 0.6 is 15.9 Å². The molecule has 2 rings (SSSR count). The number of nitrogens with zero attached hydrogens (tertiary/aromatic N) is 1. The van der Waals surface area contributed by atoms with E-state index in [0.717, 1.165) is 4.47 Å². The van der Waals surface area contributed by atoms with Crippen LogP contribution in [0.2, 0.25) is 0 Å². The van der Waals surface area contributed by atoms with Crippen molar-refractivity contribution in [2.45, 2.75) is 12.8 Å². The molecule has 0 saturated heterocycles. The fourth-order valence-corrected chi connectivity index (χ4v) is 2.24. The largest absolute Gasteiger partial charge is 0.507 e. The van der Waals surface area contributed by atoms with E-state index in [1.807, 2.05) is 12.1 Å². The Morgan fingerprint density at radius 1 is 1.15 bits per heavy atom. The standard InChI is InChI=1S/C18H18BrN3O4/c1-26-15-6-7-16(23)12(10-15)11-20-22-18(25)9-8-17(24)21-14-4-2-13(19)3-5-14/h2-7,10-11,23H,8-9H2,1H3,(H,21,24)(H,22,25)/b20-11-. The van der Waals surface area contributed by atoms with Crippen LogP contribution < -0.4 is 15.5 Å². The fourth-order valence-electron chi connectivity index (χ4n) is 1.98. The van der Waals surface area contributed by atoms with Gasteiger partial charge >= 0.3 is 0 Å². The molecule has 0 bridgehead atoms. The number of aromatic hydroxyl groups is 1. The Kier molecular flexibility index (Phi) is 7.16. The Morgan fingerprint density at radius 2 is 1.85 bits per heavy atom. The van der Waals surface area contributed by atoms with Gasteiger partial charge in [-0.1, -0.05) is 15.9 Å². The summed E-state index contributed by atoms with van der Waals surface area (Å²) in [6.07, 6.45) is 1.32. The number of hydrazone groups is 1. The molecule has 0 unspecified atom stereocenters. The van der Waals surface area contributed by atoms with E-state index in [2.05, 4.69) is 31.8 Å². The molecular formula is C18H18BrN3O4. The molecular weight excluding hydrogens is 402 g/mol. The minimum absolute atomic E-state index is 0.0101. The average molecular weight is 420 g/mol. The Balaban J connectivity index is 1.78. The van der Waals surface area contributed by atoms with E-state index in [4.69, 9.17) is 4.74 Å². The summed E-state index contributed by atoms with van der Waals surface area (Å²) in [7, 11) is 1.51. The zero-order chi connectivity index (χ0) is 18.9. The predicted molar refractivity (Wildman–Crippen MR) is 102 cm³/mol. The molecule has 0 fully saturated rings. The van der Waals surface area contributed by atoms with E-state index in [0.29, 0.717) is 17.0 Å². The van der Waals surface area contributed by atoms with E-state index in [-0.39, 0.29) is 24.5 Å². The number of anilines is 1. The van der Waals surface area contributed by atoms with Crippen LogP contribution in [0.15, 0.2) is 52.0 Å². The lowest BCUT2D eigenvalue weighted by atomic mass is 10.2. The molecule has 136 valence electrons. The number of carbonyl (C=O) groups is 2. The highest BCUT2D eigenvalue weighted by atomic mass is 79.9. The highest BCUT2D eigenvalue weighted by molar-refractivity contribution is 9.10. The van der Waals surface area contributed by atoms with Crippen LogP contribution in [0.1, 0.15) is 18.4 Å². The normalized spacial score (nSPS) is 10.5. The SMILES string of the molecule is COc1ccc(O)c(/C=N\NC(=O)CCC(=O)Nc2ccc(Br)cc2)c1. The molecule has 7 nitrogen and oxygen atoms in total. The van der Waals surface area contributed by atoms with Gasteiger partial charge in [0.15, 0.2) is 0 Å². The van der Waals surface area contributed by atoms with Gasteiger partial charge in [0.25, 0.3) is 0 Å². The maximum atomic E-state index is 11.8. The first-order valence-electron chi connectivity index (χ1n) is 7.72. The molecule has 0 saturated carbocycles. The smallest absolute Gasteiger partial charge is 0.240 e. The lowest BCUT2D eigenvalue weighted by molar-refractivity contribution is -0.124. The number of benzene rings is 2. The third-order valence-electron chi connectivity index (χ3n) is 3.33. The van der Waals surface area contributed by atoms with E-state index in [9.17, 15) is 14.7 Å². The number of rotatable bonds is 7. The molecule has 0 aromatic heterocycles. The number of phenolic OH excluding ortho intramolecular Hbond substituents is 1. The summed E-state index contributed by atoms with van der Waals surface area (Å²) in [5.74, 6) is -0.107. The number of methoxy groups -OCH3 is 1. The van der Waals surface area contributed by atoms with E-state index in [1.165, 1.54) is 19.4 Å². The second-order valence-electron chi connectivity index (χ2n) is 5.27. The van der Waals surface area contributed by atoms with Crippen molar-refractivity contribution in [1.29, 1.82) is 0 Å². The third-order valence-corrected chi connectivity index (χ3v) is 3.86. The minimum Gasteiger partial charge on any atom is -0.507 e. The van der Waals surface area contributed by atoms with Crippen molar-refractivity contribution in [2.24, 2.45) is 5.10 Å². The van der Waals surface area contributed by atoms with E-state index >= 15 is 0 Å². The molecule has 2 aromatic carbocycles. The third kappa shape index (κ3) is 6.21. The van der Waals surface area contributed by atoms with Gasteiger partial charge in [0.2, 0.25) is 11.8 Å². The molecule has 8 heteroatoms. The van der Waals surface area contributed by atoms with E-state index < -0.39 is 5.91 Å². The number of phenols is 1. The number of hydrogen-bond donors (Lipinski definition) is 3. The lowest BCUT2D eigenvalue weighted by Crippen LogP contribution is -2.20. The summed E-state index contributed by atoms with van der Waals surface area (Å²) in [6.45, 7) is 0. The van der Waals surface area contributed by atoms with Gasteiger partial charge in [-0.3, -0.25) is 9.59 Å². The average Bonchev–Trinajstić information content (AvgIpc) is 2.63. The van der Waals surface area contributed by atoms with Gasteiger partial charge in [-0.15, -0.1) is 0 Å². The molecule has 3 N–H and O–H groups in total. The summed E-state index contributed by atoms with van der Waals surface area (Å²) in [6, 6.07) is 11.8. The topological polar surface area (TPSA) is 100 Å². The fraction of sp³-hybridized carbons (Fsp3) is 0.167. The summed E-state index contributed by atoms with van der Waals surface area (Å²) >= 11 is 3.31. The predicted octanol–water partition coefficient (Wildman–Crippen LogP) is 3.03. The van der Waals surface area contributed by atoms with Gasteiger partial charge in [0.1, 0.15) is 11.5 Å². The lowest BCUT2D eigenvalue weighted by Gasteiger charge is -2.05. The monoisotopic (exact) mass is 419 g/mol. The Morgan fingerprint density at radius 3 is 2.54 bits per heavy atom. The minimum atomic E-state index is -0.408. The van der Waals surface area contributed by atoms with Crippen molar-refractivity contribution < 1.29 is 19.4 Å². The van der Waals surface area contributed by atoms with Crippen molar-refractivity contribution in [3.63, 3.8) is 0 Å². The van der Waals surface area contributed by atoms with Crippen LogP contribution in [-0.4, -0.2) is 30.2 Å². The number of halogens is 1. The Hall–Kier alpha value is -2.87.